The standard InChI is InChI=1S/C24H31BO2/c1-22(2,26)23(3,4)27-25-20-14-10-12-18-17-11-6-7-13-19(17)24(21(18)20)15-8-5-9-16-24/h6-7,10-14,25-26H,5,8-9,15-16H2,1-4H3. The molecule has 1 fully saturated rings. The van der Waals surface area contributed by atoms with Gasteiger partial charge < -0.3 is 9.76 Å². The molecule has 0 heterocycles. The quantitative estimate of drug-likeness (QED) is 0.814. The Morgan fingerprint density at radius 3 is 2.26 bits per heavy atom. The lowest BCUT2D eigenvalue weighted by Gasteiger charge is -2.39. The van der Waals surface area contributed by atoms with Gasteiger partial charge in [-0.15, -0.1) is 0 Å². The Labute approximate surface area is 164 Å². The Kier molecular flexibility index (Phi) is 4.52. The van der Waals surface area contributed by atoms with Crippen LogP contribution in [0.15, 0.2) is 42.5 Å². The van der Waals surface area contributed by atoms with E-state index in [1.807, 2.05) is 27.7 Å². The minimum atomic E-state index is -0.892. The van der Waals surface area contributed by atoms with Gasteiger partial charge in [0.2, 0.25) is 0 Å². The monoisotopic (exact) mass is 362 g/mol. The largest absolute Gasteiger partial charge is 0.427 e. The van der Waals surface area contributed by atoms with E-state index in [-0.39, 0.29) is 5.41 Å². The van der Waals surface area contributed by atoms with Gasteiger partial charge in [0.05, 0.1) is 11.2 Å². The van der Waals surface area contributed by atoms with E-state index >= 15 is 0 Å². The Bertz CT molecular complexity index is 842. The van der Waals surface area contributed by atoms with E-state index in [0.29, 0.717) is 7.48 Å². The van der Waals surface area contributed by atoms with Crippen molar-refractivity contribution in [1.82, 2.24) is 0 Å². The van der Waals surface area contributed by atoms with Crippen molar-refractivity contribution in [2.75, 3.05) is 0 Å². The van der Waals surface area contributed by atoms with E-state index in [4.69, 9.17) is 4.65 Å². The highest BCUT2D eigenvalue weighted by molar-refractivity contribution is 6.48. The van der Waals surface area contributed by atoms with Crippen LogP contribution in [0.3, 0.4) is 0 Å². The number of fused-ring (bicyclic) bond motifs is 5. The van der Waals surface area contributed by atoms with Gasteiger partial charge in [-0.1, -0.05) is 61.7 Å². The van der Waals surface area contributed by atoms with Crippen molar-refractivity contribution < 1.29 is 9.76 Å². The molecular weight excluding hydrogens is 331 g/mol. The van der Waals surface area contributed by atoms with Gasteiger partial charge in [-0.05, 0) is 68.3 Å². The molecule has 0 aliphatic heterocycles. The minimum absolute atomic E-state index is 0.142. The summed E-state index contributed by atoms with van der Waals surface area (Å²) in [6.07, 6.45) is 6.37. The zero-order chi connectivity index (χ0) is 19.3. The lowest BCUT2D eigenvalue weighted by Crippen LogP contribution is -2.50. The van der Waals surface area contributed by atoms with E-state index in [1.165, 1.54) is 59.8 Å². The SMILES string of the molecule is CC(C)(O)C(C)(C)OBc1cccc2c1C1(CCCCC1)c1ccccc1-2. The van der Waals surface area contributed by atoms with Crippen molar-refractivity contribution in [2.45, 2.75) is 76.4 Å². The van der Waals surface area contributed by atoms with Crippen molar-refractivity contribution in [3.8, 4) is 11.1 Å². The normalized spacial score (nSPS) is 18.3. The van der Waals surface area contributed by atoms with Crippen LogP contribution in [0.1, 0.15) is 70.9 Å². The maximum atomic E-state index is 10.5. The van der Waals surface area contributed by atoms with Gasteiger partial charge in [0.1, 0.15) is 0 Å². The zero-order valence-corrected chi connectivity index (χ0v) is 17.1. The highest BCUT2D eigenvalue weighted by Crippen LogP contribution is 2.54. The predicted octanol–water partition coefficient (Wildman–Crippen LogP) is 4.46. The summed E-state index contributed by atoms with van der Waals surface area (Å²) in [6.45, 7) is 7.59. The number of hydrogen-bond donors (Lipinski definition) is 1. The molecule has 4 rings (SSSR count). The van der Waals surface area contributed by atoms with Crippen molar-refractivity contribution in [3.05, 3.63) is 53.6 Å². The molecule has 3 heteroatoms. The second-order valence-electron chi connectivity index (χ2n) is 9.39. The molecule has 1 N–H and O–H groups in total. The molecule has 2 nitrogen and oxygen atoms in total. The average Bonchev–Trinajstić information content (AvgIpc) is 2.91. The second-order valence-corrected chi connectivity index (χ2v) is 9.39. The van der Waals surface area contributed by atoms with Crippen molar-refractivity contribution in [3.63, 3.8) is 0 Å². The van der Waals surface area contributed by atoms with Crippen molar-refractivity contribution >= 4 is 12.9 Å². The molecule has 2 aromatic carbocycles. The first-order chi connectivity index (χ1) is 12.8. The van der Waals surface area contributed by atoms with Crippen LogP contribution < -0.4 is 5.46 Å². The minimum Gasteiger partial charge on any atom is -0.427 e. The second kappa shape index (κ2) is 6.50. The summed E-state index contributed by atoms with van der Waals surface area (Å²) in [5.41, 5.74) is 5.70. The van der Waals surface area contributed by atoms with Crippen LogP contribution in [0.2, 0.25) is 0 Å². The van der Waals surface area contributed by atoms with Gasteiger partial charge in [-0.3, -0.25) is 0 Å². The van der Waals surface area contributed by atoms with Crippen LogP contribution in [-0.2, 0) is 10.1 Å². The highest BCUT2D eigenvalue weighted by Gasteiger charge is 2.45. The van der Waals surface area contributed by atoms with Crippen LogP contribution in [0.5, 0.6) is 0 Å². The number of rotatable bonds is 4. The molecule has 2 aliphatic rings. The third-order valence-electron chi connectivity index (χ3n) is 7.13. The summed E-state index contributed by atoms with van der Waals surface area (Å²) < 4.78 is 6.29. The predicted molar refractivity (Wildman–Crippen MR) is 114 cm³/mol. The summed E-state index contributed by atoms with van der Waals surface area (Å²) in [6, 6.07) is 15.6. The molecule has 0 amide bonds. The first-order valence-corrected chi connectivity index (χ1v) is 10.3. The molecule has 0 bridgehead atoms. The van der Waals surface area contributed by atoms with Gasteiger partial charge in [-0.2, -0.15) is 0 Å². The fourth-order valence-electron chi connectivity index (χ4n) is 4.89. The first-order valence-electron chi connectivity index (χ1n) is 10.3. The zero-order valence-electron chi connectivity index (χ0n) is 17.1. The smallest absolute Gasteiger partial charge is 0.309 e. The number of benzene rings is 2. The molecular formula is C24H31BO2. The summed E-state index contributed by atoms with van der Waals surface area (Å²) >= 11 is 0. The molecule has 0 aromatic heterocycles. The maximum absolute atomic E-state index is 10.5. The van der Waals surface area contributed by atoms with Crippen LogP contribution in [-0.4, -0.2) is 23.8 Å². The third kappa shape index (κ3) is 2.96. The van der Waals surface area contributed by atoms with Crippen molar-refractivity contribution in [1.29, 1.82) is 0 Å². The van der Waals surface area contributed by atoms with Gasteiger partial charge in [0.15, 0.2) is 0 Å². The van der Waals surface area contributed by atoms with Crippen LogP contribution >= 0.6 is 0 Å². The molecule has 0 unspecified atom stereocenters. The van der Waals surface area contributed by atoms with E-state index < -0.39 is 11.2 Å². The molecule has 27 heavy (non-hydrogen) atoms. The summed E-state index contributed by atoms with van der Waals surface area (Å²) in [7, 11) is 0.538. The molecule has 2 aliphatic carbocycles. The van der Waals surface area contributed by atoms with Gasteiger partial charge >= 0.3 is 7.48 Å². The van der Waals surface area contributed by atoms with E-state index in [1.54, 1.807) is 0 Å². The Balaban J connectivity index is 1.78. The van der Waals surface area contributed by atoms with Gasteiger partial charge in [0.25, 0.3) is 0 Å². The summed E-state index contributed by atoms with van der Waals surface area (Å²) in [4.78, 5) is 0. The molecule has 142 valence electrons. The summed E-state index contributed by atoms with van der Waals surface area (Å²) in [5, 5.41) is 10.5. The lowest BCUT2D eigenvalue weighted by atomic mass is 9.63. The Morgan fingerprint density at radius 1 is 0.889 bits per heavy atom. The molecule has 1 spiro atoms. The van der Waals surface area contributed by atoms with Gasteiger partial charge in [-0.25, -0.2) is 0 Å². The van der Waals surface area contributed by atoms with E-state index in [0.717, 1.165) is 0 Å². The molecule has 0 saturated heterocycles. The molecule has 0 atom stereocenters. The number of hydrogen-bond acceptors (Lipinski definition) is 2. The Morgan fingerprint density at radius 2 is 1.56 bits per heavy atom. The van der Waals surface area contributed by atoms with E-state index in [9.17, 15) is 5.11 Å². The van der Waals surface area contributed by atoms with Crippen molar-refractivity contribution in [2.24, 2.45) is 0 Å². The van der Waals surface area contributed by atoms with Crippen LogP contribution in [0.4, 0.5) is 0 Å². The molecule has 1 saturated carbocycles. The van der Waals surface area contributed by atoms with Gasteiger partial charge in [0, 0.05) is 5.41 Å². The third-order valence-corrected chi connectivity index (χ3v) is 7.13. The lowest BCUT2D eigenvalue weighted by molar-refractivity contribution is -0.0893. The fourth-order valence-corrected chi connectivity index (χ4v) is 4.89. The fraction of sp³-hybridized carbons (Fsp3) is 0.500. The molecule has 0 radical (unpaired) electrons. The maximum Gasteiger partial charge on any atom is 0.309 e. The highest BCUT2D eigenvalue weighted by atomic mass is 16.5. The Hall–Kier alpha value is -1.58. The number of aliphatic hydroxyl groups is 1. The first kappa shape index (κ1) is 18.8. The van der Waals surface area contributed by atoms with Crippen LogP contribution in [0, 0.1) is 0 Å². The van der Waals surface area contributed by atoms with E-state index in [2.05, 4.69) is 42.5 Å². The van der Waals surface area contributed by atoms with Crippen LogP contribution in [0.25, 0.3) is 11.1 Å². The average molecular weight is 362 g/mol. The molecule has 2 aromatic rings. The topological polar surface area (TPSA) is 29.5 Å². The summed E-state index contributed by atoms with van der Waals surface area (Å²) in [5.74, 6) is 0.